The number of amides is 1. The summed E-state index contributed by atoms with van der Waals surface area (Å²) >= 11 is 1.54. The van der Waals surface area contributed by atoms with Crippen LogP contribution in [0.25, 0.3) is 0 Å². The molecule has 1 saturated heterocycles. The fourth-order valence-electron chi connectivity index (χ4n) is 3.44. The standard InChI is InChI=1S/C22H28FN3O3S/c1-4-30-22-20(21(27)24-12-16-6-5-7-17(23)11-16)15(2)10-19(25-22)26-8-9-29-18(13-26)14-28-3/h5-7,10-11,18H,4,8-9,12-14H2,1-3H3,(H,24,27). The van der Waals surface area contributed by atoms with E-state index in [4.69, 9.17) is 14.5 Å². The van der Waals surface area contributed by atoms with E-state index in [9.17, 15) is 9.18 Å². The quantitative estimate of drug-likeness (QED) is 0.644. The number of benzene rings is 1. The lowest BCUT2D eigenvalue weighted by molar-refractivity contribution is -0.0102. The van der Waals surface area contributed by atoms with Crippen LogP contribution in [-0.4, -0.2) is 56.2 Å². The first kappa shape index (κ1) is 22.5. The maximum absolute atomic E-state index is 13.4. The van der Waals surface area contributed by atoms with E-state index in [0.717, 1.165) is 23.7 Å². The Morgan fingerprint density at radius 1 is 1.43 bits per heavy atom. The van der Waals surface area contributed by atoms with Gasteiger partial charge in [-0.2, -0.15) is 0 Å². The fraction of sp³-hybridized carbons (Fsp3) is 0.455. The van der Waals surface area contributed by atoms with Crippen molar-refractivity contribution in [3.05, 3.63) is 52.8 Å². The molecule has 2 aromatic rings. The van der Waals surface area contributed by atoms with Gasteiger partial charge < -0.3 is 19.7 Å². The summed E-state index contributed by atoms with van der Waals surface area (Å²) in [6.45, 7) is 6.81. The predicted octanol–water partition coefficient (Wildman–Crippen LogP) is 3.42. The van der Waals surface area contributed by atoms with Crippen LogP contribution in [-0.2, 0) is 16.0 Å². The highest BCUT2D eigenvalue weighted by molar-refractivity contribution is 7.99. The van der Waals surface area contributed by atoms with Gasteiger partial charge in [0.1, 0.15) is 16.7 Å². The van der Waals surface area contributed by atoms with E-state index in [2.05, 4.69) is 10.2 Å². The average molecular weight is 434 g/mol. The summed E-state index contributed by atoms with van der Waals surface area (Å²) in [4.78, 5) is 19.9. The minimum Gasteiger partial charge on any atom is -0.382 e. The van der Waals surface area contributed by atoms with Gasteiger partial charge in [0.2, 0.25) is 0 Å². The van der Waals surface area contributed by atoms with Gasteiger partial charge in [0, 0.05) is 26.7 Å². The van der Waals surface area contributed by atoms with Crippen LogP contribution < -0.4 is 10.2 Å². The Labute approximate surface area is 181 Å². The van der Waals surface area contributed by atoms with Crippen molar-refractivity contribution in [1.29, 1.82) is 0 Å². The Morgan fingerprint density at radius 3 is 3.00 bits per heavy atom. The lowest BCUT2D eigenvalue weighted by Gasteiger charge is -2.34. The van der Waals surface area contributed by atoms with Crippen molar-refractivity contribution in [2.75, 3.05) is 44.1 Å². The lowest BCUT2D eigenvalue weighted by Crippen LogP contribution is -2.44. The maximum Gasteiger partial charge on any atom is 0.254 e. The first-order chi connectivity index (χ1) is 14.5. The molecule has 1 N–H and O–H groups in total. The third-order valence-corrected chi connectivity index (χ3v) is 5.69. The number of thioether (sulfide) groups is 1. The summed E-state index contributed by atoms with van der Waals surface area (Å²) in [5.41, 5.74) is 2.15. The number of aromatic nitrogens is 1. The summed E-state index contributed by atoms with van der Waals surface area (Å²) in [5.74, 6) is 1.12. The number of carbonyl (C=O) groups excluding carboxylic acids is 1. The van der Waals surface area contributed by atoms with Crippen LogP contribution in [0.1, 0.15) is 28.4 Å². The van der Waals surface area contributed by atoms with Crippen LogP contribution in [0.2, 0.25) is 0 Å². The zero-order valence-corrected chi connectivity index (χ0v) is 18.4. The Kier molecular flexibility index (Phi) is 8.07. The summed E-state index contributed by atoms with van der Waals surface area (Å²) in [6, 6.07) is 8.18. The van der Waals surface area contributed by atoms with Crippen molar-refractivity contribution < 1.29 is 18.7 Å². The Balaban J connectivity index is 1.79. The average Bonchev–Trinajstić information content (AvgIpc) is 2.72. The number of nitrogens with one attached hydrogen (secondary N) is 1. The molecule has 0 bridgehead atoms. The number of carbonyl (C=O) groups is 1. The van der Waals surface area contributed by atoms with Crippen molar-refractivity contribution in [1.82, 2.24) is 10.3 Å². The van der Waals surface area contributed by atoms with E-state index < -0.39 is 0 Å². The van der Waals surface area contributed by atoms with Crippen LogP contribution in [0, 0.1) is 12.7 Å². The zero-order chi connectivity index (χ0) is 21.5. The van der Waals surface area contributed by atoms with Gasteiger partial charge in [0.05, 0.1) is 24.9 Å². The molecule has 1 aliphatic rings. The van der Waals surface area contributed by atoms with Gasteiger partial charge >= 0.3 is 0 Å². The molecule has 0 radical (unpaired) electrons. The molecule has 6 nitrogen and oxygen atoms in total. The number of nitrogens with zero attached hydrogens (tertiary/aromatic N) is 2. The van der Waals surface area contributed by atoms with Crippen molar-refractivity contribution in [2.24, 2.45) is 0 Å². The third kappa shape index (κ3) is 5.71. The molecule has 1 aromatic carbocycles. The topological polar surface area (TPSA) is 63.7 Å². The number of rotatable bonds is 8. The van der Waals surface area contributed by atoms with E-state index in [0.29, 0.717) is 35.9 Å². The second-order valence-corrected chi connectivity index (χ2v) is 8.37. The first-order valence-corrected chi connectivity index (χ1v) is 11.0. The van der Waals surface area contributed by atoms with Crippen LogP contribution in [0.15, 0.2) is 35.4 Å². The Bertz CT molecular complexity index is 879. The number of methoxy groups -OCH3 is 1. The van der Waals surface area contributed by atoms with Crippen molar-refractivity contribution in [2.45, 2.75) is 31.5 Å². The first-order valence-electron chi connectivity index (χ1n) is 10.0. The monoisotopic (exact) mass is 433 g/mol. The molecule has 1 amide bonds. The van der Waals surface area contributed by atoms with Crippen molar-refractivity contribution in [3.63, 3.8) is 0 Å². The number of hydrogen-bond donors (Lipinski definition) is 1. The number of pyridine rings is 1. The highest BCUT2D eigenvalue weighted by Gasteiger charge is 2.24. The minimum absolute atomic E-state index is 0.00220. The van der Waals surface area contributed by atoms with E-state index in [1.165, 1.54) is 12.1 Å². The van der Waals surface area contributed by atoms with Gasteiger partial charge in [-0.15, -0.1) is 11.8 Å². The molecule has 8 heteroatoms. The second kappa shape index (κ2) is 10.7. The van der Waals surface area contributed by atoms with E-state index >= 15 is 0 Å². The van der Waals surface area contributed by atoms with Crippen LogP contribution >= 0.6 is 11.8 Å². The lowest BCUT2D eigenvalue weighted by atomic mass is 10.1. The van der Waals surface area contributed by atoms with Crippen molar-refractivity contribution >= 4 is 23.5 Å². The maximum atomic E-state index is 13.4. The zero-order valence-electron chi connectivity index (χ0n) is 17.6. The van der Waals surface area contributed by atoms with Crippen molar-refractivity contribution in [3.8, 4) is 0 Å². The molecule has 1 aliphatic heterocycles. The molecule has 1 atom stereocenters. The van der Waals surface area contributed by atoms with Gasteiger partial charge in [-0.25, -0.2) is 9.37 Å². The molecule has 162 valence electrons. The highest BCUT2D eigenvalue weighted by atomic mass is 32.2. The van der Waals surface area contributed by atoms with Crippen LogP contribution in [0.5, 0.6) is 0 Å². The largest absolute Gasteiger partial charge is 0.382 e. The second-order valence-electron chi connectivity index (χ2n) is 7.12. The van der Waals surface area contributed by atoms with E-state index in [1.54, 1.807) is 31.0 Å². The molecule has 30 heavy (non-hydrogen) atoms. The van der Waals surface area contributed by atoms with Gasteiger partial charge in [0.15, 0.2) is 0 Å². The third-order valence-electron chi connectivity index (χ3n) is 4.84. The summed E-state index contributed by atoms with van der Waals surface area (Å²) in [6.07, 6.45) is 0.00220. The minimum atomic E-state index is -0.316. The molecule has 3 rings (SSSR count). The number of aryl methyl sites for hydroxylation is 1. The fourth-order valence-corrected chi connectivity index (χ4v) is 4.27. The molecule has 0 saturated carbocycles. The van der Waals surface area contributed by atoms with Gasteiger partial charge in [-0.05, 0) is 42.0 Å². The summed E-state index contributed by atoms with van der Waals surface area (Å²) < 4.78 is 24.3. The molecule has 2 heterocycles. The van der Waals surface area contributed by atoms with Gasteiger partial charge in [0.25, 0.3) is 5.91 Å². The number of ether oxygens (including phenoxy) is 2. The number of hydrogen-bond acceptors (Lipinski definition) is 6. The van der Waals surface area contributed by atoms with E-state index in [1.807, 2.05) is 19.9 Å². The highest BCUT2D eigenvalue weighted by Crippen LogP contribution is 2.28. The van der Waals surface area contributed by atoms with Crippen LogP contribution in [0.3, 0.4) is 0 Å². The predicted molar refractivity (Wildman–Crippen MR) is 117 cm³/mol. The molecule has 0 spiro atoms. The number of anilines is 1. The normalized spacial score (nSPS) is 16.5. The summed E-state index contributed by atoms with van der Waals surface area (Å²) in [7, 11) is 1.66. The number of halogens is 1. The van der Waals surface area contributed by atoms with E-state index in [-0.39, 0.29) is 24.4 Å². The molecule has 1 unspecified atom stereocenters. The van der Waals surface area contributed by atoms with Gasteiger partial charge in [-0.1, -0.05) is 19.1 Å². The molecular weight excluding hydrogens is 405 g/mol. The SMILES string of the molecule is CCSc1nc(N2CCOC(COC)C2)cc(C)c1C(=O)NCc1cccc(F)c1. The number of morpholine rings is 1. The smallest absolute Gasteiger partial charge is 0.254 e. The molecule has 1 fully saturated rings. The van der Waals surface area contributed by atoms with Gasteiger partial charge in [-0.3, -0.25) is 4.79 Å². The Morgan fingerprint density at radius 2 is 2.27 bits per heavy atom. The molecule has 0 aliphatic carbocycles. The summed E-state index contributed by atoms with van der Waals surface area (Å²) in [5, 5.41) is 3.60. The Hall–Kier alpha value is -2.16. The molecule has 1 aromatic heterocycles. The van der Waals surface area contributed by atoms with Crippen LogP contribution in [0.4, 0.5) is 10.2 Å². The molecular formula is C22H28FN3O3S.